The Balaban J connectivity index is 1.61. The Labute approximate surface area is 141 Å². The molecule has 2 unspecified atom stereocenters. The van der Waals surface area contributed by atoms with Gasteiger partial charge in [0.2, 0.25) is 0 Å². The molecule has 0 radical (unpaired) electrons. The zero-order chi connectivity index (χ0) is 16.5. The summed E-state index contributed by atoms with van der Waals surface area (Å²) in [6, 6.07) is 0. The topological polar surface area (TPSA) is 37.3 Å². The van der Waals surface area contributed by atoms with Gasteiger partial charge in [0.15, 0.2) is 0 Å². The molecular formula is C21H34O2. The summed E-state index contributed by atoms with van der Waals surface area (Å²) in [6.45, 7) is 7.00. The van der Waals surface area contributed by atoms with E-state index in [1.54, 1.807) is 0 Å². The molecule has 130 valence electrons. The molecule has 4 rings (SSSR count). The van der Waals surface area contributed by atoms with Crippen molar-refractivity contribution < 1.29 is 9.90 Å². The predicted molar refractivity (Wildman–Crippen MR) is 91.9 cm³/mol. The molecule has 1 N–H and O–H groups in total. The van der Waals surface area contributed by atoms with E-state index in [-0.39, 0.29) is 5.41 Å². The zero-order valence-corrected chi connectivity index (χ0v) is 15.2. The van der Waals surface area contributed by atoms with Crippen LogP contribution < -0.4 is 0 Å². The van der Waals surface area contributed by atoms with E-state index in [0.29, 0.717) is 17.3 Å². The van der Waals surface area contributed by atoms with E-state index in [1.165, 1.54) is 44.8 Å². The van der Waals surface area contributed by atoms with E-state index in [4.69, 9.17) is 0 Å². The zero-order valence-electron chi connectivity index (χ0n) is 15.2. The Morgan fingerprint density at radius 2 is 1.61 bits per heavy atom. The van der Waals surface area contributed by atoms with E-state index in [2.05, 4.69) is 13.8 Å². The lowest BCUT2D eigenvalue weighted by Gasteiger charge is -2.61. The molecule has 0 spiro atoms. The van der Waals surface area contributed by atoms with Crippen LogP contribution in [0, 0.1) is 40.4 Å². The van der Waals surface area contributed by atoms with Gasteiger partial charge >= 0.3 is 0 Å². The van der Waals surface area contributed by atoms with Crippen LogP contribution in [0.3, 0.4) is 0 Å². The molecule has 0 aliphatic heterocycles. The van der Waals surface area contributed by atoms with Gasteiger partial charge in [-0.15, -0.1) is 0 Å². The molecule has 4 saturated carbocycles. The third-order valence-corrected chi connectivity index (χ3v) is 9.19. The van der Waals surface area contributed by atoms with Gasteiger partial charge in [-0.3, -0.25) is 0 Å². The van der Waals surface area contributed by atoms with E-state index in [0.717, 1.165) is 37.0 Å². The maximum Gasteiger partial charge on any atom is 0.123 e. The fourth-order valence-corrected chi connectivity index (χ4v) is 7.70. The predicted octanol–water partition coefficient (Wildman–Crippen LogP) is 4.60. The highest BCUT2D eigenvalue weighted by molar-refractivity contribution is 5.56. The Morgan fingerprint density at radius 1 is 0.870 bits per heavy atom. The lowest BCUT2D eigenvalue weighted by molar-refractivity contribution is -0.147. The van der Waals surface area contributed by atoms with E-state index in [1.807, 2.05) is 6.92 Å². The van der Waals surface area contributed by atoms with Gasteiger partial charge in [0.05, 0.1) is 5.60 Å². The molecule has 4 aliphatic rings. The standard InChI is InChI=1S/C21H34O2/c1-19(23)10-11-21(3)14(12-19)4-6-16-17-7-5-15(13-22)20(17,2)9-8-18(16)21/h13-18,23H,4-12H2,1-3H3/t14-,15+,16-,17?,18?,19+,20+,21-/m0/s1. The molecular weight excluding hydrogens is 284 g/mol. The van der Waals surface area contributed by atoms with Crippen LogP contribution in [-0.2, 0) is 4.79 Å². The monoisotopic (exact) mass is 318 g/mol. The first-order chi connectivity index (χ1) is 10.8. The van der Waals surface area contributed by atoms with Crippen molar-refractivity contribution in [3.63, 3.8) is 0 Å². The molecule has 0 heterocycles. The SMILES string of the molecule is C[C@@]1(O)CC[C@]2(C)C3CC[C@@]4(C)C(CC[C@@H]4C=O)[C@@H]3CC[C@H]2C1. The fraction of sp³-hybridized carbons (Fsp3) is 0.952. The van der Waals surface area contributed by atoms with Crippen molar-refractivity contribution in [1.29, 1.82) is 0 Å². The molecule has 4 aliphatic carbocycles. The van der Waals surface area contributed by atoms with Gasteiger partial charge in [-0.25, -0.2) is 0 Å². The first-order valence-electron chi connectivity index (χ1n) is 9.98. The van der Waals surface area contributed by atoms with Crippen LogP contribution in [0.1, 0.15) is 78.6 Å². The second-order valence-corrected chi connectivity index (χ2v) is 10.2. The minimum Gasteiger partial charge on any atom is -0.390 e. The number of carbonyl (C=O) groups is 1. The molecule has 2 nitrogen and oxygen atoms in total. The van der Waals surface area contributed by atoms with Crippen molar-refractivity contribution in [3.05, 3.63) is 0 Å². The number of carbonyl (C=O) groups excluding carboxylic acids is 1. The fourth-order valence-electron chi connectivity index (χ4n) is 7.70. The van der Waals surface area contributed by atoms with Crippen molar-refractivity contribution in [2.45, 2.75) is 84.2 Å². The highest BCUT2D eigenvalue weighted by atomic mass is 16.3. The van der Waals surface area contributed by atoms with E-state index < -0.39 is 5.60 Å². The summed E-state index contributed by atoms with van der Waals surface area (Å²) in [5.74, 6) is 3.46. The summed E-state index contributed by atoms with van der Waals surface area (Å²) >= 11 is 0. The highest BCUT2D eigenvalue weighted by Gasteiger charge is 2.60. The molecule has 0 saturated heterocycles. The number of aliphatic hydroxyl groups is 1. The average molecular weight is 319 g/mol. The van der Waals surface area contributed by atoms with E-state index >= 15 is 0 Å². The lowest BCUT2D eigenvalue weighted by atomic mass is 9.44. The van der Waals surface area contributed by atoms with Gasteiger partial charge in [0.1, 0.15) is 6.29 Å². The van der Waals surface area contributed by atoms with Gasteiger partial charge in [-0.2, -0.15) is 0 Å². The van der Waals surface area contributed by atoms with Gasteiger partial charge in [0, 0.05) is 5.92 Å². The highest BCUT2D eigenvalue weighted by Crippen LogP contribution is 2.67. The molecule has 0 aromatic rings. The second kappa shape index (κ2) is 5.07. The van der Waals surface area contributed by atoms with Gasteiger partial charge < -0.3 is 9.90 Å². The summed E-state index contributed by atoms with van der Waals surface area (Å²) in [4.78, 5) is 11.6. The second-order valence-electron chi connectivity index (χ2n) is 10.2. The van der Waals surface area contributed by atoms with Crippen molar-refractivity contribution >= 4 is 6.29 Å². The number of aldehydes is 1. The molecule has 0 amide bonds. The minimum absolute atomic E-state index is 0.284. The van der Waals surface area contributed by atoms with Crippen LogP contribution in [0.15, 0.2) is 0 Å². The maximum atomic E-state index is 11.6. The van der Waals surface area contributed by atoms with Crippen LogP contribution in [-0.4, -0.2) is 17.0 Å². The quantitative estimate of drug-likeness (QED) is 0.718. The minimum atomic E-state index is -0.434. The molecule has 2 heteroatoms. The Morgan fingerprint density at radius 3 is 2.35 bits per heavy atom. The lowest BCUT2D eigenvalue weighted by Crippen LogP contribution is -2.55. The van der Waals surface area contributed by atoms with Gasteiger partial charge in [-0.05, 0) is 99.2 Å². The van der Waals surface area contributed by atoms with Crippen LogP contribution in [0.2, 0.25) is 0 Å². The Bertz CT molecular complexity index is 498. The third kappa shape index (κ3) is 2.19. The van der Waals surface area contributed by atoms with Crippen LogP contribution in [0.25, 0.3) is 0 Å². The summed E-state index contributed by atoms with van der Waals surface area (Å²) in [5.41, 5.74) is 0.286. The number of hydrogen-bond donors (Lipinski definition) is 1. The van der Waals surface area contributed by atoms with Crippen molar-refractivity contribution in [1.82, 2.24) is 0 Å². The van der Waals surface area contributed by atoms with Crippen LogP contribution in [0.4, 0.5) is 0 Å². The normalized spacial score (nSPS) is 58.9. The number of rotatable bonds is 1. The molecule has 23 heavy (non-hydrogen) atoms. The number of fused-ring (bicyclic) bond motifs is 5. The summed E-state index contributed by atoms with van der Waals surface area (Å²) in [6.07, 6.45) is 12.1. The Hall–Kier alpha value is -0.370. The van der Waals surface area contributed by atoms with Crippen molar-refractivity contribution in [3.8, 4) is 0 Å². The average Bonchev–Trinajstić information content (AvgIpc) is 2.84. The van der Waals surface area contributed by atoms with Crippen molar-refractivity contribution in [2.24, 2.45) is 40.4 Å². The summed E-state index contributed by atoms with van der Waals surface area (Å²) in [5, 5.41) is 10.5. The first-order valence-corrected chi connectivity index (χ1v) is 9.98. The smallest absolute Gasteiger partial charge is 0.123 e. The van der Waals surface area contributed by atoms with Gasteiger partial charge in [0.25, 0.3) is 0 Å². The third-order valence-electron chi connectivity index (χ3n) is 9.19. The Kier molecular flexibility index (Phi) is 3.55. The maximum absolute atomic E-state index is 11.6. The van der Waals surface area contributed by atoms with Crippen LogP contribution >= 0.6 is 0 Å². The summed E-state index contributed by atoms with van der Waals surface area (Å²) < 4.78 is 0. The van der Waals surface area contributed by atoms with Gasteiger partial charge in [-0.1, -0.05) is 13.8 Å². The number of hydrogen-bond acceptors (Lipinski definition) is 2. The summed E-state index contributed by atoms with van der Waals surface area (Å²) in [7, 11) is 0. The van der Waals surface area contributed by atoms with Crippen molar-refractivity contribution in [2.75, 3.05) is 0 Å². The van der Waals surface area contributed by atoms with E-state index in [9.17, 15) is 9.90 Å². The largest absolute Gasteiger partial charge is 0.390 e. The first kappa shape index (κ1) is 16.1. The van der Waals surface area contributed by atoms with Crippen LogP contribution in [0.5, 0.6) is 0 Å². The molecule has 0 bridgehead atoms. The molecule has 0 aromatic carbocycles. The molecule has 8 atom stereocenters. The molecule has 0 aromatic heterocycles. The molecule has 4 fully saturated rings.